The maximum atomic E-state index is 12.7. The van der Waals surface area contributed by atoms with E-state index in [0.29, 0.717) is 33.7 Å². The summed E-state index contributed by atoms with van der Waals surface area (Å²) in [5.41, 5.74) is 21.9. The van der Waals surface area contributed by atoms with E-state index in [-0.39, 0.29) is 45.9 Å². The van der Waals surface area contributed by atoms with Crippen LogP contribution in [-0.4, -0.2) is 59.7 Å². The first-order chi connectivity index (χ1) is 55.1. The normalized spacial score (nSPS) is 12.7. The molecule has 18 aromatic rings. The van der Waals surface area contributed by atoms with Gasteiger partial charge in [-0.2, -0.15) is 0 Å². The molecule has 0 bridgehead atoms. The number of rotatable bonds is 7. The van der Waals surface area contributed by atoms with Crippen molar-refractivity contribution in [1.82, 2.24) is 9.97 Å². The number of amides is 1. The first-order valence-corrected chi connectivity index (χ1v) is 39.2. The maximum Gasteiger partial charge on any atom is 0.494 e. The van der Waals surface area contributed by atoms with Gasteiger partial charge in [0.2, 0.25) is 0 Å². The number of halogens is 3. The molecule has 1 aliphatic rings. The summed E-state index contributed by atoms with van der Waals surface area (Å²) in [6.45, 7) is 8.24. The summed E-state index contributed by atoms with van der Waals surface area (Å²) in [5, 5.41) is 68.5. The van der Waals surface area contributed by atoms with Gasteiger partial charge in [0.25, 0.3) is 5.91 Å². The van der Waals surface area contributed by atoms with Gasteiger partial charge in [-0.25, -0.2) is 9.97 Å². The van der Waals surface area contributed by atoms with Crippen LogP contribution in [0.3, 0.4) is 0 Å². The topological polar surface area (TPSA) is 227 Å². The van der Waals surface area contributed by atoms with E-state index >= 15 is 0 Å². The molecule has 114 heavy (non-hydrogen) atoms. The van der Waals surface area contributed by atoms with Crippen molar-refractivity contribution >= 4 is 170 Å². The summed E-state index contributed by atoms with van der Waals surface area (Å²) in [7, 11) is -0.409. The number of fused-ring (bicyclic) bond motifs is 12. The van der Waals surface area contributed by atoms with Crippen molar-refractivity contribution in [3.8, 4) is 73.5 Å². The first kappa shape index (κ1) is 76.7. The van der Waals surface area contributed by atoms with Gasteiger partial charge in [0.15, 0.2) is 0 Å². The highest BCUT2D eigenvalue weighted by Gasteiger charge is 2.51. The number of benzene rings is 16. The van der Waals surface area contributed by atoms with Gasteiger partial charge in [-0.3, -0.25) is 4.79 Å². The second-order valence-electron chi connectivity index (χ2n) is 28.5. The number of nitrogen functional groups attached to an aromatic ring is 2. The average molecular weight is 1690 g/mol. The van der Waals surface area contributed by atoms with Gasteiger partial charge in [0.05, 0.1) is 39.7 Å². The van der Waals surface area contributed by atoms with Gasteiger partial charge >= 0.3 is 7.12 Å². The van der Waals surface area contributed by atoms with Crippen LogP contribution in [-0.2, 0) is 9.31 Å². The van der Waals surface area contributed by atoms with Crippen molar-refractivity contribution < 1.29 is 39.6 Å². The lowest BCUT2D eigenvalue weighted by Crippen LogP contribution is -2.41. The molecule has 0 aliphatic carbocycles. The summed E-state index contributed by atoms with van der Waals surface area (Å²) in [6, 6.07) is 104. The number of aromatic nitrogens is 2. The zero-order valence-corrected chi connectivity index (χ0v) is 67.1. The molecule has 1 saturated heterocycles. The maximum absolute atomic E-state index is 12.7. The molecule has 0 saturated carbocycles. The Labute approximate surface area is 683 Å². The van der Waals surface area contributed by atoms with Crippen molar-refractivity contribution in [2.24, 2.45) is 0 Å². The smallest absolute Gasteiger partial charge is 0.494 e. The van der Waals surface area contributed by atoms with Gasteiger partial charge in [-0.1, -0.05) is 281 Å². The third-order valence-electron chi connectivity index (χ3n) is 20.9. The van der Waals surface area contributed by atoms with E-state index in [1.807, 2.05) is 170 Å². The highest BCUT2D eigenvalue weighted by atomic mass is 79.9. The summed E-state index contributed by atoms with van der Waals surface area (Å²) < 4.78 is 15.1. The van der Waals surface area contributed by atoms with Crippen LogP contribution >= 0.6 is 47.8 Å². The van der Waals surface area contributed by atoms with E-state index in [2.05, 4.69) is 172 Å². The fourth-order valence-electron chi connectivity index (χ4n) is 14.3. The molecule has 0 unspecified atom stereocenters. The summed E-state index contributed by atoms with van der Waals surface area (Å²) in [5.74, 6) is 0.388. The van der Waals surface area contributed by atoms with Crippen LogP contribution in [0.2, 0.25) is 0 Å². The lowest BCUT2D eigenvalue weighted by molar-refractivity contribution is 0.00578. The van der Waals surface area contributed by atoms with Crippen LogP contribution in [0.1, 0.15) is 38.1 Å². The van der Waals surface area contributed by atoms with Gasteiger partial charge in [-0.15, -0.1) is 0 Å². The van der Waals surface area contributed by atoms with Gasteiger partial charge in [0, 0.05) is 73.6 Å². The van der Waals surface area contributed by atoms with Gasteiger partial charge < -0.3 is 51.6 Å². The van der Waals surface area contributed by atoms with E-state index in [1.54, 1.807) is 60.7 Å². The number of aromatic hydroxyl groups is 5. The quantitative estimate of drug-likeness (QED) is 0.0323. The summed E-state index contributed by atoms with van der Waals surface area (Å²) >= 11 is 10.0. The number of nitrogens with zero attached hydrogens (tertiary/aromatic N) is 2. The number of hydrogen-bond donors (Lipinski definition) is 8. The Hall–Kier alpha value is -12.6. The van der Waals surface area contributed by atoms with Crippen LogP contribution in [0, 0.1) is 0 Å². The Morgan fingerprint density at radius 2 is 0.711 bits per heavy atom. The fraction of sp³-hybridized carbons (Fsp3) is 0.0619. The molecular weight excluding hydrogens is 1610 g/mol. The Bertz CT molecular complexity index is 6660. The van der Waals surface area contributed by atoms with E-state index in [0.717, 1.165) is 128 Å². The van der Waals surface area contributed by atoms with Crippen molar-refractivity contribution in [3.05, 3.63) is 340 Å². The van der Waals surface area contributed by atoms with Gasteiger partial charge in [-0.05, 0) is 176 Å². The predicted molar refractivity (Wildman–Crippen MR) is 480 cm³/mol. The van der Waals surface area contributed by atoms with Crippen LogP contribution in [0.25, 0.3) is 131 Å². The van der Waals surface area contributed by atoms with Crippen LogP contribution in [0.5, 0.6) is 28.7 Å². The van der Waals surface area contributed by atoms with Crippen LogP contribution < -0.4 is 22.2 Å². The monoisotopic (exact) mass is 1690 g/mol. The van der Waals surface area contributed by atoms with Crippen LogP contribution in [0.15, 0.2) is 335 Å². The number of nitrogens with one attached hydrogen (secondary N) is 1. The Morgan fingerprint density at radius 3 is 1.19 bits per heavy atom. The standard InChI is InChI=1S/C29H26BNO3.C23H16BrNO2.C23H14BrNO.C16H13NO.C6H6BrNO/c1-28(2)29(3,4)34-30(33-28)20-15-12-19(13-16-20)26-23-17-14-18-8-5-6-9-21(18)25(23)22-10-7-11-24(32)27(22)31-26;24-17-13-11-16(12-14-17)23(27)25-22-20(9-4-10-21(22)26)19-8-3-6-15-5-1-2-7-18(15)19;24-16-11-8-15(9-12-16)22-19-13-10-14-4-1-2-5-17(14)21(19)18-6-3-7-20(26)23(18)25-22;17-16-14(9-4-10-15(16)18)13-8-3-6-11-5-1-2-7-12(11)13;7-4-2-1-3-5(9)6(4)8/h5-17,32H,1-4H3;1-14,26H,(H,25,27);1-13,26H;1-10,18H,17H2;1-3,9H,8H2. The number of para-hydroxylation sites is 5. The number of hydrogen-bond acceptors (Lipinski definition) is 12. The largest absolute Gasteiger partial charge is 0.506 e. The molecule has 10 N–H and O–H groups in total. The molecular formula is C97H75BBr3N5O8. The predicted octanol–water partition coefficient (Wildman–Crippen LogP) is 24.6. The minimum absolute atomic E-state index is 0.0332. The molecule has 0 radical (unpaired) electrons. The number of pyridine rings is 2. The second kappa shape index (κ2) is 32.6. The first-order valence-electron chi connectivity index (χ1n) is 36.8. The van der Waals surface area contributed by atoms with Crippen molar-refractivity contribution in [2.45, 2.75) is 38.9 Å². The number of phenolic OH excluding ortho intramolecular Hbond substituents is 5. The molecule has 1 fully saturated rings. The minimum Gasteiger partial charge on any atom is -0.506 e. The lowest BCUT2D eigenvalue weighted by Gasteiger charge is -2.32. The average Bonchev–Trinajstić information content (AvgIpc) is 0.917. The SMILES string of the molecule is CC1(C)OB(c2ccc(-c3nc4c(O)cccc4c4c3ccc3ccccc34)cc2)OC1(C)C.Nc1c(O)cccc1-c1cccc2ccccc12.Nc1c(O)cccc1Br.O=C(Nc1c(O)cccc1-c1cccc2ccccc12)c1ccc(Br)cc1.Oc1cccc2c1nc(-c1ccc(Br)cc1)c1ccc3ccccc3c12. The highest BCUT2D eigenvalue weighted by molar-refractivity contribution is 9.11. The van der Waals surface area contributed by atoms with E-state index in [1.165, 1.54) is 10.8 Å². The lowest BCUT2D eigenvalue weighted by atomic mass is 9.78. The van der Waals surface area contributed by atoms with Crippen molar-refractivity contribution in [3.63, 3.8) is 0 Å². The number of anilines is 3. The fourth-order valence-corrected chi connectivity index (χ4v) is 15.2. The van der Waals surface area contributed by atoms with E-state index < -0.39 is 7.12 Å². The molecule has 19 rings (SSSR count). The molecule has 0 atom stereocenters. The van der Waals surface area contributed by atoms with Crippen molar-refractivity contribution in [1.29, 1.82) is 0 Å². The number of phenols is 5. The Kier molecular flexibility index (Phi) is 22.0. The molecule has 560 valence electrons. The highest BCUT2D eigenvalue weighted by Crippen LogP contribution is 2.45. The molecule has 17 heteroatoms. The summed E-state index contributed by atoms with van der Waals surface area (Å²) in [6.07, 6.45) is 0. The van der Waals surface area contributed by atoms with Crippen molar-refractivity contribution in [2.75, 3.05) is 16.8 Å². The zero-order valence-electron chi connectivity index (χ0n) is 62.3. The number of carbonyl (C=O) groups excluding carboxylic acids is 1. The number of nitrogens with two attached hydrogens (primary N) is 2. The molecule has 0 spiro atoms. The molecule has 3 heterocycles. The number of carbonyl (C=O) groups is 1. The zero-order chi connectivity index (χ0) is 79.5. The second-order valence-corrected chi connectivity index (χ2v) is 31.2. The molecule has 13 nitrogen and oxygen atoms in total. The van der Waals surface area contributed by atoms with E-state index in [4.69, 9.17) is 35.9 Å². The van der Waals surface area contributed by atoms with Crippen LogP contribution in [0.4, 0.5) is 17.1 Å². The molecule has 16 aromatic carbocycles. The Morgan fingerprint density at radius 1 is 0.351 bits per heavy atom. The Balaban J connectivity index is 0.000000117. The molecule has 1 aliphatic heterocycles. The third-order valence-corrected chi connectivity index (χ3v) is 22.6. The molecule has 1 amide bonds. The minimum atomic E-state index is -0.409. The van der Waals surface area contributed by atoms with E-state index in [9.17, 15) is 25.2 Å². The summed E-state index contributed by atoms with van der Waals surface area (Å²) in [4.78, 5) is 22.5. The third kappa shape index (κ3) is 15.6. The molecule has 2 aromatic heterocycles. The van der Waals surface area contributed by atoms with Gasteiger partial charge in [0.1, 0.15) is 39.8 Å².